The Kier molecular flexibility index (Phi) is 4.30. The van der Waals surface area contributed by atoms with Crippen molar-refractivity contribution in [3.05, 3.63) is 71.4 Å². The minimum absolute atomic E-state index is 0.263. The molecule has 0 saturated carbocycles. The van der Waals surface area contributed by atoms with Crippen molar-refractivity contribution in [3.8, 4) is 11.4 Å². The molecule has 0 radical (unpaired) electrons. The summed E-state index contributed by atoms with van der Waals surface area (Å²) in [6.07, 6.45) is 0. The van der Waals surface area contributed by atoms with Crippen molar-refractivity contribution < 1.29 is 13.7 Å². The third-order valence-electron chi connectivity index (χ3n) is 4.23. The number of amides is 1. The minimum atomic E-state index is -0.975. The molecule has 0 unspecified atom stereocenters. The summed E-state index contributed by atoms with van der Waals surface area (Å²) in [6, 6.07) is 16.5. The minimum Gasteiger partial charge on any atom is -0.497 e. The van der Waals surface area contributed by atoms with Gasteiger partial charge in [0.2, 0.25) is 0 Å². The molecule has 1 atom stereocenters. The van der Waals surface area contributed by atoms with Gasteiger partial charge in [-0.3, -0.25) is 9.00 Å². The highest BCUT2D eigenvalue weighted by Crippen LogP contribution is 2.31. The molecule has 1 amide bonds. The van der Waals surface area contributed by atoms with Crippen LogP contribution >= 0.6 is 0 Å². The smallest absolute Gasteiger partial charge is 0.256 e. The maximum atomic E-state index is 12.8. The summed E-state index contributed by atoms with van der Waals surface area (Å²) >= 11 is 0. The number of para-hydroxylation sites is 1. The second-order valence-electron chi connectivity index (χ2n) is 5.94. The first kappa shape index (κ1) is 16.5. The van der Waals surface area contributed by atoms with Gasteiger partial charge in [-0.15, -0.1) is 0 Å². The van der Waals surface area contributed by atoms with Gasteiger partial charge < -0.3 is 10.1 Å². The number of anilines is 1. The molecule has 2 aromatic carbocycles. The zero-order valence-electron chi connectivity index (χ0n) is 14.1. The predicted molar refractivity (Wildman–Crippen MR) is 100 cm³/mol. The highest BCUT2D eigenvalue weighted by atomic mass is 32.2. The van der Waals surface area contributed by atoms with Gasteiger partial charge in [0.25, 0.3) is 5.91 Å². The van der Waals surface area contributed by atoms with E-state index in [2.05, 4.69) is 10.4 Å². The monoisotopic (exact) mass is 367 g/mol. The number of nitrogens with zero attached hydrogens (tertiary/aromatic N) is 2. The van der Waals surface area contributed by atoms with E-state index in [4.69, 9.17) is 4.74 Å². The highest BCUT2D eigenvalue weighted by molar-refractivity contribution is 7.83. The van der Waals surface area contributed by atoms with Gasteiger partial charge in [-0.25, -0.2) is 4.68 Å². The molecule has 3 aromatic rings. The molecular weight excluding hydrogens is 350 g/mol. The van der Waals surface area contributed by atoms with E-state index in [-0.39, 0.29) is 5.91 Å². The van der Waals surface area contributed by atoms with Crippen LogP contribution < -0.4 is 10.1 Å². The Morgan fingerprint density at radius 3 is 2.73 bits per heavy atom. The van der Waals surface area contributed by atoms with Crippen LogP contribution in [0.2, 0.25) is 0 Å². The van der Waals surface area contributed by atoms with Crippen LogP contribution in [0.1, 0.15) is 21.6 Å². The predicted octanol–water partition coefficient (Wildman–Crippen LogP) is 2.90. The molecule has 0 saturated heterocycles. The van der Waals surface area contributed by atoms with Gasteiger partial charge in [-0.1, -0.05) is 24.3 Å². The third kappa shape index (κ3) is 3.01. The standard InChI is InChI=1S/C19H17N3O3S/c1-25-15-9-5-6-13(10-15)19(23)20-18-16-11-26(24)12-17(16)21-22(18)14-7-3-2-4-8-14/h2-10H,11-12H2,1H3,(H,20,23)/t26-/m1/s1. The fraction of sp³-hybridized carbons (Fsp3) is 0.158. The Labute approximate surface area is 153 Å². The molecule has 2 heterocycles. The summed E-state index contributed by atoms with van der Waals surface area (Å²) in [5.74, 6) is 1.74. The molecule has 1 aromatic heterocycles. The Morgan fingerprint density at radius 2 is 1.96 bits per heavy atom. The second kappa shape index (κ2) is 6.76. The zero-order valence-corrected chi connectivity index (χ0v) is 15.0. The molecule has 132 valence electrons. The average Bonchev–Trinajstić information content (AvgIpc) is 3.19. The van der Waals surface area contributed by atoms with Crippen molar-refractivity contribution in [2.75, 3.05) is 12.4 Å². The first-order valence-electron chi connectivity index (χ1n) is 8.12. The molecule has 7 heteroatoms. The number of nitrogens with one attached hydrogen (secondary N) is 1. The fourth-order valence-corrected chi connectivity index (χ4v) is 4.22. The van der Waals surface area contributed by atoms with Gasteiger partial charge >= 0.3 is 0 Å². The normalized spacial score (nSPS) is 15.5. The number of fused-ring (bicyclic) bond motifs is 1. The van der Waals surface area contributed by atoms with E-state index in [1.807, 2.05) is 30.3 Å². The van der Waals surface area contributed by atoms with Gasteiger partial charge in [-0.2, -0.15) is 5.10 Å². The van der Waals surface area contributed by atoms with Crippen LogP contribution in [0, 0.1) is 0 Å². The number of benzene rings is 2. The lowest BCUT2D eigenvalue weighted by Crippen LogP contribution is -2.16. The van der Waals surface area contributed by atoms with Crippen molar-refractivity contribution in [1.29, 1.82) is 0 Å². The van der Waals surface area contributed by atoms with Gasteiger partial charge in [0, 0.05) is 21.9 Å². The number of aromatic nitrogens is 2. The van der Waals surface area contributed by atoms with Crippen molar-refractivity contribution in [2.24, 2.45) is 0 Å². The molecule has 0 fully saturated rings. The quantitative estimate of drug-likeness (QED) is 0.770. The maximum absolute atomic E-state index is 12.8. The molecule has 0 bridgehead atoms. The number of carbonyl (C=O) groups is 1. The van der Waals surface area contributed by atoms with Crippen LogP contribution in [-0.4, -0.2) is 27.0 Å². The molecule has 6 nitrogen and oxygen atoms in total. The number of carbonyl (C=O) groups excluding carboxylic acids is 1. The summed E-state index contributed by atoms with van der Waals surface area (Å²) in [6.45, 7) is 0. The molecule has 4 rings (SSSR count). The first-order chi connectivity index (χ1) is 12.7. The SMILES string of the molecule is COc1cccc(C(=O)Nc2c3c(nn2-c2ccccc2)C[S@](=O)C3)c1. The summed E-state index contributed by atoms with van der Waals surface area (Å²) < 4.78 is 18.8. The first-order valence-corrected chi connectivity index (χ1v) is 9.61. The number of rotatable bonds is 4. The second-order valence-corrected chi connectivity index (χ2v) is 7.39. The molecule has 1 aliphatic heterocycles. The van der Waals surface area contributed by atoms with E-state index in [1.165, 1.54) is 0 Å². The lowest BCUT2D eigenvalue weighted by Gasteiger charge is -2.11. The molecule has 1 aliphatic rings. The van der Waals surface area contributed by atoms with Crippen molar-refractivity contribution >= 4 is 22.5 Å². The van der Waals surface area contributed by atoms with Gasteiger partial charge in [0.05, 0.1) is 30.0 Å². The molecule has 26 heavy (non-hydrogen) atoms. The van der Waals surface area contributed by atoms with E-state index < -0.39 is 10.8 Å². The van der Waals surface area contributed by atoms with E-state index in [0.29, 0.717) is 28.6 Å². The molecule has 0 spiro atoms. The Balaban J connectivity index is 1.73. The van der Waals surface area contributed by atoms with Crippen LogP contribution in [0.5, 0.6) is 5.75 Å². The van der Waals surface area contributed by atoms with Gasteiger partial charge in [-0.05, 0) is 30.3 Å². The summed E-state index contributed by atoms with van der Waals surface area (Å²) in [4.78, 5) is 12.8. The lowest BCUT2D eigenvalue weighted by molar-refractivity contribution is 0.102. The molecular formula is C19H17N3O3S. The van der Waals surface area contributed by atoms with Crippen molar-refractivity contribution in [3.63, 3.8) is 0 Å². The Hall–Kier alpha value is -2.93. The lowest BCUT2D eigenvalue weighted by atomic mass is 10.2. The molecule has 0 aliphatic carbocycles. The van der Waals surface area contributed by atoms with Crippen molar-refractivity contribution in [1.82, 2.24) is 9.78 Å². The number of ether oxygens (including phenoxy) is 1. The number of hydrogen-bond acceptors (Lipinski definition) is 4. The van der Waals surface area contributed by atoms with E-state index in [0.717, 1.165) is 16.9 Å². The van der Waals surface area contributed by atoms with E-state index >= 15 is 0 Å². The van der Waals surface area contributed by atoms with Crippen LogP contribution in [0.4, 0.5) is 5.82 Å². The summed E-state index contributed by atoms with van der Waals surface area (Å²) in [7, 11) is 0.585. The Bertz CT molecular complexity index is 999. The average molecular weight is 367 g/mol. The van der Waals surface area contributed by atoms with Gasteiger partial charge in [0.1, 0.15) is 11.6 Å². The zero-order chi connectivity index (χ0) is 18.1. The van der Waals surface area contributed by atoms with Crippen LogP contribution in [0.15, 0.2) is 54.6 Å². The third-order valence-corrected chi connectivity index (χ3v) is 5.44. The topological polar surface area (TPSA) is 73.2 Å². The van der Waals surface area contributed by atoms with Crippen LogP contribution in [0.3, 0.4) is 0 Å². The maximum Gasteiger partial charge on any atom is 0.256 e. The number of methoxy groups -OCH3 is 1. The fourth-order valence-electron chi connectivity index (χ4n) is 2.96. The van der Waals surface area contributed by atoms with E-state index in [1.54, 1.807) is 36.1 Å². The summed E-state index contributed by atoms with van der Waals surface area (Å²) in [5.41, 5.74) is 2.93. The van der Waals surface area contributed by atoms with Crippen LogP contribution in [-0.2, 0) is 22.3 Å². The number of hydrogen-bond donors (Lipinski definition) is 1. The van der Waals surface area contributed by atoms with Gasteiger partial charge in [0.15, 0.2) is 0 Å². The largest absolute Gasteiger partial charge is 0.497 e. The van der Waals surface area contributed by atoms with Crippen LogP contribution in [0.25, 0.3) is 5.69 Å². The van der Waals surface area contributed by atoms with E-state index in [9.17, 15) is 9.00 Å². The Morgan fingerprint density at radius 1 is 1.15 bits per heavy atom. The molecule has 1 N–H and O–H groups in total. The summed E-state index contributed by atoms with van der Waals surface area (Å²) in [5, 5.41) is 7.53. The van der Waals surface area contributed by atoms with Crippen molar-refractivity contribution in [2.45, 2.75) is 11.5 Å². The highest BCUT2D eigenvalue weighted by Gasteiger charge is 2.28.